The van der Waals surface area contributed by atoms with Gasteiger partial charge in [-0.3, -0.25) is 4.79 Å². The molecule has 2 heterocycles. The SMILES string of the molecule is CN[C@@H](C)[C@H]1CCN(c2c(F)cc3c(=O)c(C(=O)O)cn(C4CC4)c3c2C(F)(F)F)C1. The Balaban J connectivity index is 2.02. The van der Waals surface area contributed by atoms with E-state index in [4.69, 9.17) is 0 Å². The number of nitrogens with zero attached hydrogens (tertiary/aromatic N) is 2. The van der Waals surface area contributed by atoms with E-state index in [1.54, 1.807) is 7.05 Å². The van der Waals surface area contributed by atoms with Crippen LogP contribution in [-0.4, -0.2) is 41.8 Å². The molecule has 168 valence electrons. The number of rotatable bonds is 5. The van der Waals surface area contributed by atoms with Crippen molar-refractivity contribution in [3.63, 3.8) is 0 Å². The molecule has 1 aromatic carbocycles. The second kappa shape index (κ2) is 7.51. The van der Waals surface area contributed by atoms with Gasteiger partial charge in [-0.2, -0.15) is 13.2 Å². The third-order valence-electron chi connectivity index (χ3n) is 6.40. The topological polar surface area (TPSA) is 74.6 Å². The van der Waals surface area contributed by atoms with E-state index in [2.05, 4.69) is 5.32 Å². The third kappa shape index (κ3) is 3.66. The molecule has 1 aliphatic heterocycles. The molecule has 6 nitrogen and oxygen atoms in total. The summed E-state index contributed by atoms with van der Waals surface area (Å²) in [7, 11) is 1.76. The Hall–Kier alpha value is -2.62. The van der Waals surface area contributed by atoms with Gasteiger partial charge in [-0.15, -0.1) is 0 Å². The van der Waals surface area contributed by atoms with Crippen molar-refractivity contribution in [2.45, 2.75) is 44.4 Å². The normalized spacial score (nSPS) is 20.5. The van der Waals surface area contributed by atoms with Gasteiger partial charge in [0.1, 0.15) is 16.9 Å². The summed E-state index contributed by atoms with van der Waals surface area (Å²) in [4.78, 5) is 25.5. The Morgan fingerprint density at radius 2 is 1.97 bits per heavy atom. The third-order valence-corrected chi connectivity index (χ3v) is 6.40. The van der Waals surface area contributed by atoms with E-state index in [-0.39, 0.29) is 31.1 Å². The van der Waals surface area contributed by atoms with E-state index in [1.807, 2.05) is 6.92 Å². The summed E-state index contributed by atoms with van der Waals surface area (Å²) >= 11 is 0. The number of carboxylic acid groups (broad SMARTS) is 1. The molecule has 2 atom stereocenters. The molecule has 2 fully saturated rings. The predicted molar refractivity (Wildman–Crippen MR) is 107 cm³/mol. The number of aromatic carboxylic acids is 1. The lowest BCUT2D eigenvalue weighted by atomic mass is 10.0. The molecule has 4 rings (SSSR count). The van der Waals surface area contributed by atoms with Gasteiger partial charge in [-0.25, -0.2) is 9.18 Å². The van der Waals surface area contributed by atoms with E-state index < -0.39 is 51.1 Å². The van der Waals surface area contributed by atoms with Crippen LogP contribution in [0.2, 0.25) is 0 Å². The summed E-state index contributed by atoms with van der Waals surface area (Å²) in [5.74, 6) is -2.68. The quantitative estimate of drug-likeness (QED) is 0.694. The Kier molecular flexibility index (Phi) is 5.23. The highest BCUT2D eigenvalue weighted by Crippen LogP contribution is 2.46. The molecule has 10 heteroatoms. The molecular formula is C21H23F4N3O3. The highest BCUT2D eigenvalue weighted by Gasteiger charge is 2.43. The van der Waals surface area contributed by atoms with Crippen LogP contribution < -0.4 is 15.6 Å². The van der Waals surface area contributed by atoms with Crippen molar-refractivity contribution in [3.8, 4) is 0 Å². The van der Waals surface area contributed by atoms with Gasteiger partial charge in [0.05, 0.1) is 16.6 Å². The van der Waals surface area contributed by atoms with Crippen molar-refractivity contribution in [2.75, 3.05) is 25.0 Å². The Morgan fingerprint density at radius 1 is 1.29 bits per heavy atom. The molecule has 31 heavy (non-hydrogen) atoms. The fourth-order valence-electron chi connectivity index (χ4n) is 4.48. The summed E-state index contributed by atoms with van der Waals surface area (Å²) in [6.45, 7) is 2.42. The Morgan fingerprint density at radius 3 is 2.52 bits per heavy atom. The first-order valence-corrected chi connectivity index (χ1v) is 10.2. The van der Waals surface area contributed by atoms with E-state index >= 15 is 4.39 Å². The lowest BCUT2D eigenvalue weighted by Crippen LogP contribution is -2.33. The fraction of sp³-hybridized carbons (Fsp3) is 0.524. The number of anilines is 1. The van der Waals surface area contributed by atoms with E-state index in [0.29, 0.717) is 19.3 Å². The van der Waals surface area contributed by atoms with Gasteiger partial charge < -0.3 is 19.9 Å². The zero-order chi connectivity index (χ0) is 22.7. The summed E-state index contributed by atoms with van der Waals surface area (Å²) in [5.41, 5.74) is -3.99. The molecule has 2 N–H and O–H groups in total. The average molecular weight is 441 g/mol. The maximum absolute atomic E-state index is 15.2. The monoisotopic (exact) mass is 441 g/mol. The summed E-state index contributed by atoms with van der Waals surface area (Å²) in [6, 6.07) is 0.462. The number of aromatic nitrogens is 1. The fourth-order valence-corrected chi connectivity index (χ4v) is 4.48. The van der Waals surface area contributed by atoms with Gasteiger partial charge in [0.15, 0.2) is 0 Å². The number of pyridine rings is 1. The molecule has 1 aliphatic carbocycles. The number of carboxylic acids is 1. The summed E-state index contributed by atoms with van der Waals surface area (Å²) < 4.78 is 59.4. The highest BCUT2D eigenvalue weighted by atomic mass is 19.4. The molecule has 2 aliphatic rings. The number of alkyl halides is 3. The van der Waals surface area contributed by atoms with Gasteiger partial charge in [-0.1, -0.05) is 0 Å². The van der Waals surface area contributed by atoms with Crippen LogP contribution in [0.5, 0.6) is 0 Å². The standard InChI is InChI=1S/C21H23F4N3O3/c1-10(26-2)11-5-6-27(8-11)18-15(22)7-13-17(16(18)21(23,24)25)28(12-3-4-12)9-14(19(13)29)20(30)31/h7,9-12,26H,3-6,8H2,1-2H3,(H,30,31)/t10-,11-/m0/s1. The smallest absolute Gasteiger partial charge is 0.420 e. The van der Waals surface area contributed by atoms with Gasteiger partial charge in [0, 0.05) is 31.4 Å². The molecule has 0 unspecified atom stereocenters. The van der Waals surface area contributed by atoms with Crippen molar-refractivity contribution in [3.05, 3.63) is 39.4 Å². The van der Waals surface area contributed by atoms with Gasteiger partial charge in [-0.05, 0) is 45.2 Å². The van der Waals surface area contributed by atoms with E-state index in [0.717, 1.165) is 12.3 Å². The minimum atomic E-state index is -4.93. The van der Waals surface area contributed by atoms with Crippen LogP contribution in [0.3, 0.4) is 0 Å². The molecular weight excluding hydrogens is 418 g/mol. The van der Waals surface area contributed by atoms with Crippen LogP contribution in [0.1, 0.15) is 48.1 Å². The molecule has 0 radical (unpaired) electrons. The van der Waals surface area contributed by atoms with Gasteiger partial charge in [0.2, 0.25) is 5.43 Å². The van der Waals surface area contributed by atoms with Crippen LogP contribution in [0.4, 0.5) is 23.2 Å². The first kappa shape index (κ1) is 21.6. The molecule has 2 aromatic rings. The van der Waals surface area contributed by atoms with Gasteiger partial charge >= 0.3 is 12.1 Å². The maximum Gasteiger partial charge on any atom is 0.420 e. The lowest BCUT2D eigenvalue weighted by Gasteiger charge is -2.27. The van der Waals surface area contributed by atoms with E-state index in [9.17, 15) is 27.9 Å². The molecule has 0 spiro atoms. The second-order valence-corrected chi connectivity index (χ2v) is 8.36. The predicted octanol–water partition coefficient (Wildman–Crippen LogP) is 3.63. The first-order valence-electron chi connectivity index (χ1n) is 10.2. The highest BCUT2D eigenvalue weighted by molar-refractivity contribution is 5.95. The summed E-state index contributed by atoms with van der Waals surface area (Å²) in [5, 5.41) is 11.9. The van der Waals surface area contributed by atoms with E-state index in [1.165, 1.54) is 9.47 Å². The van der Waals surface area contributed by atoms with Crippen LogP contribution in [0.15, 0.2) is 17.1 Å². The number of fused-ring (bicyclic) bond motifs is 1. The largest absolute Gasteiger partial charge is 0.477 e. The molecule has 1 saturated heterocycles. The van der Waals surface area contributed by atoms with Crippen LogP contribution in [0.25, 0.3) is 10.9 Å². The molecule has 0 amide bonds. The van der Waals surface area contributed by atoms with Crippen molar-refractivity contribution in [1.82, 2.24) is 9.88 Å². The maximum atomic E-state index is 15.2. The number of hydrogen-bond donors (Lipinski definition) is 2. The minimum Gasteiger partial charge on any atom is -0.477 e. The molecule has 1 aromatic heterocycles. The first-order chi connectivity index (χ1) is 14.5. The Bertz CT molecular complexity index is 1110. The second-order valence-electron chi connectivity index (χ2n) is 8.36. The van der Waals surface area contributed by atoms with Crippen molar-refractivity contribution in [1.29, 1.82) is 0 Å². The minimum absolute atomic E-state index is 0.0428. The number of carbonyl (C=O) groups is 1. The summed E-state index contributed by atoms with van der Waals surface area (Å²) in [6.07, 6.45) is -2.24. The number of nitrogens with one attached hydrogen (secondary N) is 1. The van der Waals surface area contributed by atoms with Crippen molar-refractivity contribution in [2.24, 2.45) is 5.92 Å². The number of benzene rings is 1. The van der Waals surface area contributed by atoms with Crippen LogP contribution in [-0.2, 0) is 6.18 Å². The van der Waals surface area contributed by atoms with Crippen molar-refractivity contribution < 1.29 is 27.5 Å². The molecule has 1 saturated carbocycles. The Labute approximate surface area is 175 Å². The van der Waals surface area contributed by atoms with Crippen LogP contribution in [0, 0.1) is 11.7 Å². The van der Waals surface area contributed by atoms with Gasteiger partial charge in [0.25, 0.3) is 0 Å². The zero-order valence-corrected chi connectivity index (χ0v) is 17.1. The molecule has 0 bridgehead atoms. The van der Waals surface area contributed by atoms with Crippen LogP contribution >= 0.6 is 0 Å². The zero-order valence-electron chi connectivity index (χ0n) is 17.1. The number of halogens is 4. The lowest BCUT2D eigenvalue weighted by molar-refractivity contribution is -0.136. The number of hydrogen-bond acceptors (Lipinski definition) is 4. The average Bonchev–Trinajstić information content (AvgIpc) is 3.42. The van der Waals surface area contributed by atoms with Crippen molar-refractivity contribution >= 4 is 22.6 Å².